The van der Waals surface area contributed by atoms with E-state index in [1.807, 2.05) is 6.92 Å². The molecule has 0 radical (unpaired) electrons. The third-order valence-corrected chi connectivity index (χ3v) is 5.10. The highest BCUT2D eigenvalue weighted by Gasteiger charge is 2.38. The number of aromatic nitrogens is 1. The van der Waals surface area contributed by atoms with Gasteiger partial charge in [0.1, 0.15) is 0 Å². The lowest BCUT2D eigenvalue weighted by Gasteiger charge is -2.24. The zero-order valence-electron chi connectivity index (χ0n) is 11.9. The topological polar surface area (TPSA) is 24.9 Å². The summed E-state index contributed by atoms with van der Waals surface area (Å²) >= 11 is 1.24. The second kappa shape index (κ2) is 6.43. The van der Waals surface area contributed by atoms with Crippen LogP contribution >= 0.6 is 11.3 Å². The maximum absolute atomic E-state index is 13.0. The number of thiazole rings is 1. The molecule has 114 valence electrons. The van der Waals surface area contributed by atoms with Gasteiger partial charge in [-0.3, -0.25) is 0 Å². The molecule has 0 saturated heterocycles. The van der Waals surface area contributed by atoms with Gasteiger partial charge in [0.05, 0.1) is 9.88 Å². The molecule has 20 heavy (non-hydrogen) atoms. The van der Waals surface area contributed by atoms with Crippen molar-refractivity contribution in [2.24, 2.45) is 5.92 Å². The number of nitrogens with zero attached hydrogens (tertiary/aromatic N) is 1. The van der Waals surface area contributed by atoms with Crippen LogP contribution in [0.2, 0.25) is 0 Å². The molecular formula is C14H21F3N2S. The molecule has 1 aliphatic rings. The van der Waals surface area contributed by atoms with E-state index < -0.39 is 11.9 Å². The van der Waals surface area contributed by atoms with Crippen LogP contribution in [0.1, 0.15) is 61.0 Å². The number of hydrogen-bond donors (Lipinski definition) is 1. The van der Waals surface area contributed by atoms with Crippen molar-refractivity contribution in [1.82, 2.24) is 10.3 Å². The monoisotopic (exact) mass is 306 g/mol. The number of hydrogen-bond acceptors (Lipinski definition) is 3. The molecule has 2 rings (SSSR count). The molecule has 0 spiro atoms. The molecule has 6 heteroatoms. The minimum atomic E-state index is -4.35. The summed E-state index contributed by atoms with van der Waals surface area (Å²) in [5, 5.41) is 3.65. The molecule has 1 saturated carbocycles. The summed E-state index contributed by atoms with van der Waals surface area (Å²) in [6.07, 6.45) is -0.233. The van der Waals surface area contributed by atoms with E-state index in [9.17, 15) is 13.2 Å². The fourth-order valence-electron chi connectivity index (χ4n) is 2.63. The first kappa shape index (κ1) is 15.8. The van der Waals surface area contributed by atoms with Crippen LogP contribution in [0.25, 0.3) is 0 Å². The first-order chi connectivity index (χ1) is 9.41. The molecule has 1 aromatic heterocycles. The van der Waals surface area contributed by atoms with Crippen LogP contribution in [-0.2, 0) is 12.7 Å². The van der Waals surface area contributed by atoms with Crippen LogP contribution in [0.3, 0.4) is 0 Å². The predicted octanol–water partition coefficient (Wildman–Crippen LogP) is 4.57. The van der Waals surface area contributed by atoms with Gasteiger partial charge < -0.3 is 5.32 Å². The predicted molar refractivity (Wildman–Crippen MR) is 74.9 cm³/mol. The fraction of sp³-hybridized carbons (Fsp3) is 0.786. The van der Waals surface area contributed by atoms with E-state index >= 15 is 0 Å². The summed E-state index contributed by atoms with van der Waals surface area (Å²) in [5.41, 5.74) is -0.683. The van der Waals surface area contributed by atoms with E-state index in [1.54, 1.807) is 0 Å². The van der Waals surface area contributed by atoms with Crippen molar-refractivity contribution in [3.8, 4) is 0 Å². The molecule has 1 N–H and O–H groups in total. The highest BCUT2D eigenvalue weighted by Crippen LogP contribution is 2.41. The van der Waals surface area contributed by atoms with Gasteiger partial charge >= 0.3 is 6.18 Å². The van der Waals surface area contributed by atoms with Gasteiger partial charge in [-0.15, -0.1) is 11.3 Å². The van der Waals surface area contributed by atoms with Crippen molar-refractivity contribution in [3.63, 3.8) is 0 Å². The largest absolute Gasteiger partial charge is 0.434 e. The van der Waals surface area contributed by atoms with Gasteiger partial charge in [-0.1, -0.05) is 26.7 Å². The number of rotatable bonds is 4. The number of halogens is 3. The average molecular weight is 306 g/mol. The molecule has 1 aromatic rings. The Bertz CT molecular complexity index is 434. The highest BCUT2D eigenvalue weighted by molar-refractivity contribution is 7.11. The van der Waals surface area contributed by atoms with E-state index in [0.717, 1.165) is 25.7 Å². The van der Waals surface area contributed by atoms with E-state index in [2.05, 4.69) is 17.2 Å². The molecule has 2 nitrogen and oxygen atoms in total. The van der Waals surface area contributed by atoms with Gasteiger partial charge in [0.25, 0.3) is 0 Å². The molecular weight excluding hydrogens is 285 g/mol. The van der Waals surface area contributed by atoms with Crippen LogP contribution in [0.5, 0.6) is 0 Å². The van der Waals surface area contributed by atoms with Crippen molar-refractivity contribution >= 4 is 11.3 Å². The normalized spacial score (nSPS) is 24.1. The Hall–Kier alpha value is -0.620. The molecule has 0 bridgehead atoms. The van der Waals surface area contributed by atoms with E-state index in [1.165, 1.54) is 11.3 Å². The van der Waals surface area contributed by atoms with Gasteiger partial charge in [0, 0.05) is 12.5 Å². The van der Waals surface area contributed by atoms with Crippen molar-refractivity contribution in [1.29, 1.82) is 0 Å². The van der Waals surface area contributed by atoms with Crippen LogP contribution in [0.4, 0.5) is 13.2 Å². The number of alkyl halides is 3. The minimum absolute atomic E-state index is 0.215. The van der Waals surface area contributed by atoms with Crippen molar-refractivity contribution in [3.05, 3.63) is 15.6 Å². The summed E-state index contributed by atoms with van der Waals surface area (Å²) in [6.45, 7) is 5.01. The minimum Gasteiger partial charge on any atom is -0.312 e. The van der Waals surface area contributed by atoms with E-state index in [-0.39, 0.29) is 12.5 Å². The smallest absolute Gasteiger partial charge is 0.312 e. The highest BCUT2D eigenvalue weighted by atomic mass is 32.1. The third-order valence-electron chi connectivity index (χ3n) is 3.88. The first-order valence-corrected chi connectivity index (χ1v) is 8.01. The lowest BCUT2D eigenvalue weighted by molar-refractivity contribution is -0.141. The quantitative estimate of drug-likeness (QED) is 0.881. The molecule has 0 unspecified atom stereocenters. The van der Waals surface area contributed by atoms with E-state index in [0.29, 0.717) is 22.3 Å². The van der Waals surface area contributed by atoms with Crippen LogP contribution in [0, 0.1) is 5.92 Å². The Morgan fingerprint density at radius 2 is 1.90 bits per heavy atom. The second-order valence-corrected chi connectivity index (χ2v) is 6.67. The summed E-state index contributed by atoms with van der Waals surface area (Å²) in [5.74, 6) is 0.905. The molecule has 1 fully saturated rings. The maximum Gasteiger partial charge on any atom is 0.434 e. The molecule has 1 heterocycles. The van der Waals surface area contributed by atoms with Gasteiger partial charge in [-0.05, 0) is 25.3 Å². The van der Waals surface area contributed by atoms with Crippen molar-refractivity contribution in [2.75, 3.05) is 6.54 Å². The summed E-state index contributed by atoms with van der Waals surface area (Å²) < 4.78 is 39.1. The van der Waals surface area contributed by atoms with Gasteiger partial charge in [0.2, 0.25) is 0 Å². The van der Waals surface area contributed by atoms with Crippen molar-refractivity contribution < 1.29 is 13.2 Å². The maximum atomic E-state index is 13.0. The molecule has 0 atom stereocenters. The van der Waals surface area contributed by atoms with Crippen LogP contribution in [0.15, 0.2) is 0 Å². The van der Waals surface area contributed by atoms with Gasteiger partial charge in [-0.25, -0.2) is 4.98 Å². The lowest BCUT2D eigenvalue weighted by atomic mass is 9.83. The van der Waals surface area contributed by atoms with Crippen LogP contribution < -0.4 is 5.32 Å². The standard InChI is InChI=1S/C14H21F3N2S/c1-3-18-8-11-12(14(15,16)17)19-13(20-11)10-6-4-9(2)5-7-10/h9-10,18H,3-8H2,1-2H3. The van der Waals surface area contributed by atoms with Gasteiger partial charge in [0.15, 0.2) is 5.69 Å². The van der Waals surface area contributed by atoms with E-state index in [4.69, 9.17) is 0 Å². The zero-order valence-corrected chi connectivity index (χ0v) is 12.7. The molecule has 0 aliphatic heterocycles. The average Bonchev–Trinajstić information content (AvgIpc) is 2.81. The van der Waals surface area contributed by atoms with Crippen molar-refractivity contribution in [2.45, 2.75) is 58.2 Å². The first-order valence-electron chi connectivity index (χ1n) is 7.19. The summed E-state index contributed by atoms with van der Waals surface area (Å²) in [6, 6.07) is 0. The Labute approximate surface area is 121 Å². The molecule has 1 aliphatic carbocycles. The Kier molecular flexibility index (Phi) is 5.07. The lowest BCUT2D eigenvalue weighted by Crippen LogP contribution is -2.16. The zero-order chi connectivity index (χ0) is 14.8. The molecule has 0 aromatic carbocycles. The Morgan fingerprint density at radius 3 is 2.45 bits per heavy atom. The SMILES string of the molecule is CCNCc1sc(C2CCC(C)CC2)nc1C(F)(F)F. The third kappa shape index (κ3) is 3.73. The van der Waals surface area contributed by atoms with Crippen LogP contribution in [-0.4, -0.2) is 11.5 Å². The molecule has 0 amide bonds. The number of nitrogens with one attached hydrogen (secondary N) is 1. The summed E-state index contributed by atoms with van der Waals surface area (Å²) in [4.78, 5) is 4.26. The second-order valence-electron chi connectivity index (χ2n) is 5.56. The fourth-order valence-corrected chi connectivity index (χ4v) is 3.86. The Balaban J connectivity index is 2.19. The van der Waals surface area contributed by atoms with Gasteiger partial charge in [-0.2, -0.15) is 13.2 Å². The summed E-state index contributed by atoms with van der Waals surface area (Å²) in [7, 11) is 0. The Morgan fingerprint density at radius 1 is 1.25 bits per heavy atom.